The van der Waals surface area contributed by atoms with E-state index in [1.54, 1.807) is 6.20 Å². The molecule has 0 radical (unpaired) electrons. The van der Waals surface area contributed by atoms with Crippen molar-refractivity contribution in [1.29, 1.82) is 0 Å². The first-order valence-electron chi connectivity index (χ1n) is 49.4. The van der Waals surface area contributed by atoms with Crippen LogP contribution in [0.4, 0.5) is 0 Å². The number of rotatable bonds is 29. The SMILES string of the molecule is CC(C)[Si](C(C)C)(C(C)C)n1ccc2c(C(=NN)C3CC[C@@H](N(Cc4ccccc4)Cc4ccccc4)C3)c(Cl)cnc21.CC(C)[Si](C(C)C)(C(C)C)n1ccc2c(C(=O)C3CC[C@@H](N(Cc4ccccc4)Cc4ccccc4)C3)c(Cl)cnc21.N[C@@H]1CCC(c2[nH][nH]c3cnc4nccc4c23)C1.c1ccc(CN(Cc2ccccc2)[C@@H]2CCC(c3[nH][nH]c4cnc5nccc5c34)C2)cc1. The molecule has 20 rings (SSSR count). The van der Waals surface area contributed by atoms with E-state index in [0.29, 0.717) is 84.9 Å². The van der Waals surface area contributed by atoms with E-state index in [1.807, 2.05) is 37.1 Å². The molecule has 4 fully saturated rings. The monoisotopic (exact) mass is 1880 g/mol. The average molecular weight is 1880 g/mol. The van der Waals surface area contributed by atoms with Crippen LogP contribution < -0.4 is 11.6 Å². The molecule has 6 aromatic carbocycles. The van der Waals surface area contributed by atoms with Crippen molar-refractivity contribution in [2.45, 2.75) is 269 Å². The zero-order chi connectivity index (χ0) is 94.2. The number of aromatic nitrogens is 12. The number of aromatic amines is 4. The highest BCUT2D eigenvalue weighted by atomic mass is 35.5. The minimum atomic E-state index is -2.03. The Morgan fingerprint density at radius 2 is 0.719 bits per heavy atom. The predicted octanol–water partition coefficient (Wildman–Crippen LogP) is 26.8. The quantitative estimate of drug-likeness (QED) is 0.00843. The second-order valence-electron chi connectivity index (χ2n) is 40.6. The topological polar surface area (TPSA) is 242 Å². The van der Waals surface area contributed by atoms with Gasteiger partial charge in [-0.3, -0.25) is 29.7 Å². The molecule has 8 atom stereocenters. The molecule has 0 saturated heterocycles. The third-order valence-electron chi connectivity index (χ3n) is 30.8. The maximum atomic E-state index is 14.3. The molecule has 4 unspecified atom stereocenters. The highest BCUT2D eigenvalue weighted by molar-refractivity contribution is 6.83. The second kappa shape index (κ2) is 42.7. The van der Waals surface area contributed by atoms with Crippen LogP contribution in [0.5, 0.6) is 0 Å². The highest BCUT2D eigenvalue weighted by Gasteiger charge is 2.49. The molecule has 10 aromatic heterocycles. The van der Waals surface area contributed by atoms with Gasteiger partial charge in [0, 0.05) is 167 Å². The summed E-state index contributed by atoms with van der Waals surface area (Å²) in [5, 5.41) is 25.7. The van der Waals surface area contributed by atoms with Gasteiger partial charge in [0.1, 0.15) is 11.3 Å². The average Bonchev–Trinajstić information content (AvgIpc) is 1.74. The van der Waals surface area contributed by atoms with E-state index in [2.05, 4.69) is 364 Å². The first kappa shape index (κ1) is 95.7. The van der Waals surface area contributed by atoms with E-state index in [9.17, 15) is 4.79 Å². The molecule has 0 spiro atoms. The fourth-order valence-electron chi connectivity index (χ4n) is 24.9. The molecule has 0 aliphatic heterocycles. The summed E-state index contributed by atoms with van der Waals surface area (Å²) in [5.74, 6) is 7.64. The molecule has 19 nitrogen and oxygen atoms in total. The smallest absolute Gasteiger partial charge is 0.171 e. The minimum Gasteiger partial charge on any atom is -0.359 e. The summed E-state index contributed by atoms with van der Waals surface area (Å²) in [6, 6.07) is 74.7. The number of halogens is 2. The standard InChI is InChI=1S/C36H48ClN5Si.C36H46ClN3OSi.C27H27N5.C13H15N5/c1-25(2)43(26(3)4,27(5)6)42-20-19-32-34(33(37)22-39-36(32)42)35(40-38)30-17-18-31(21-30)41(23-28-13-9-7-10-14-28)24-29-15-11-8-12-16-29;1-25(2)42(26(3)4,27(5)6)40-20-19-32-34(33(37)22-38-36(32)40)35(41)30-17-18-31(21-30)39(23-28-13-9-7-10-14-28)24-29-15-11-8-12-16-29;1-3-7-19(8-4-1)17-32(18-20-9-5-2-6-10-20)22-12-11-21(15-22)26-25-23-13-14-28-27(23)29-16-24(25)30-31-26;14-8-2-1-7(5-8)12-11-9-3-4-15-13(9)16-6-10(11)17-18-12/h7-16,19-20,22,25-27,30-31H,17-18,21,23-24,38H2,1-6H3;7-16,19-20,22,25-27,30-31H,17-18,21,23-24H2,1-6H3;1-10,13-14,16,21-22,30-31H,11-12,15,17-18H2;3-4,6-8,17-18H,1-2,5,14H2/t2*30?,31-;21?,22-;7?,8-/m1111/s1. The first-order chi connectivity index (χ1) is 65.5. The van der Waals surface area contributed by atoms with Gasteiger partial charge in [-0.05, 0) is 180 Å². The lowest BCUT2D eigenvalue weighted by molar-refractivity contribution is 0.0913. The predicted molar refractivity (Wildman–Crippen MR) is 563 cm³/mol. The van der Waals surface area contributed by atoms with Crippen molar-refractivity contribution in [3.63, 3.8) is 0 Å². The summed E-state index contributed by atoms with van der Waals surface area (Å²) in [4.78, 5) is 49.5. The highest BCUT2D eigenvalue weighted by Crippen LogP contribution is 2.50. The Labute approximate surface area is 808 Å². The number of ketones is 1. The van der Waals surface area contributed by atoms with Gasteiger partial charge in [0.15, 0.2) is 33.5 Å². The number of fused-ring (bicyclic) bond motifs is 8. The molecule has 702 valence electrons. The Bertz CT molecular complexity index is 6460. The molecule has 8 N–H and O–H groups in total. The van der Waals surface area contributed by atoms with Gasteiger partial charge in [-0.2, -0.15) is 5.10 Å². The van der Waals surface area contributed by atoms with Crippen LogP contribution in [-0.4, -0.2) is 126 Å². The number of Topliss-reactive ketones (excluding diaryl/α,β-unsaturated/α-hetero) is 1. The number of pyridine rings is 4. The Morgan fingerprint density at radius 1 is 0.385 bits per heavy atom. The van der Waals surface area contributed by atoms with Gasteiger partial charge < -0.3 is 30.2 Å². The second-order valence-corrected chi connectivity index (χ2v) is 52.8. The van der Waals surface area contributed by atoms with Gasteiger partial charge in [0.2, 0.25) is 0 Å². The lowest BCUT2D eigenvalue weighted by Crippen LogP contribution is -2.51. The Hall–Kier alpha value is -11.0. The van der Waals surface area contributed by atoms with E-state index < -0.39 is 16.5 Å². The first-order valence-corrected chi connectivity index (χ1v) is 54.6. The maximum absolute atomic E-state index is 14.3. The van der Waals surface area contributed by atoms with Crippen LogP contribution >= 0.6 is 23.2 Å². The molecule has 4 saturated carbocycles. The lowest BCUT2D eigenvalue weighted by atomic mass is 9.93. The van der Waals surface area contributed by atoms with Crippen molar-refractivity contribution >= 4 is 117 Å². The van der Waals surface area contributed by atoms with Gasteiger partial charge in [0.05, 0.1) is 39.2 Å². The Morgan fingerprint density at radius 3 is 1.08 bits per heavy atom. The van der Waals surface area contributed by atoms with Crippen molar-refractivity contribution in [1.82, 2.24) is 73.5 Å². The molecule has 10 heterocycles. The van der Waals surface area contributed by atoms with Crippen LogP contribution in [0.1, 0.15) is 233 Å². The van der Waals surface area contributed by atoms with Crippen LogP contribution in [0.3, 0.4) is 0 Å². The Kier molecular flexibility index (Phi) is 30.3. The summed E-state index contributed by atoms with van der Waals surface area (Å²) in [6.45, 7) is 34.0. The van der Waals surface area contributed by atoms with Gasteiger partial charge >= 0.3 is 0 Å². The van der Waals surface area contributed by atoms with Gasteiger partial charge in [-0.1, -0.05) is 288 Å². The van der Waals surface area contributed by atoms with Crippen molar-refractivity contribution in [3.8, 4) is 0 Å². The molecule has 0 bridgehead atoms. The summed E-state index contributed by atoms with van der Waals surface area (Å²) in [7, 11) is -4.03. The number of hydrogen-bond donors (Lipinski definition) is 6. The van der Waals surface area contributed by atoms with E-state index in [1.165, 1.54) is 68.4 Å². The van der Waals surface area contributed by atoms with Crippen LogP contribution in [0.25, 0.3) is 65.9 Å². The lowest BCUT2D eigenvalue weighted by Gasteiger charge is -2.44. The summed E-state index contributed by atoms with van der Waals surface area (Å²) < 4.78 is 5.03. The maximum Gasteiger partial charge on any atom is 0.171 e. The normalized spacial score (nSPS) is 19.0. The van der Waals surface area contributed by atoms with Crippen LogP contribution in [0, 0.1) is 11.8 Å². The number of nitrogens with one attached hydrogen (secondary N) is 4. The van der Waals surface area contributed by atoms with Gasteiger partial charge in [-0.15, -0.1) is 0 Å². The molecule has 23 heteroatoms. The third-order valence-corrected chi connectivity index (χ3v) is 44.9. The fourth-order valence-corrected chi connectivity index (χ4v) is 38.5. The molecular weight excluding hydrogens is 1740 g/mol. The molecule has 4 aliphatic carbocycles. The number of benzene rings is 6. The molecular formula is C112H136Cl2N18OSi2. The van der Waals surface area contributed by atoms with Gasteiger partial charge in [0.25, 0.3) is 0 Å². The van der Waals surface area contributed by atoms with Crippen molar-refractivity contribution in [2.75, 3.05) is 0 Å². The van der Waals surface area contributed by atoms with Gasteiger partial charge in [-0.25, -0.2) is 29.9 Å². The van der Waals surface area contributed by atoms with Crippen molar-refractivity contribution in [3.05, 3.63) is 322 Å². The van der Waals surface area contributed by atoms with Crippen molar-refractivity contribution < 1.29 is 4.79 Å². The van der Waals surface area contributed by atoms with E-state index >= 15 is 0 Å². The number of carbonyl (C=O) groups excluding carboxylic acids is 1. The van der Waals surface area contributed by atoms with Crippen molar-refractivity contribution in [2.24, 2.45) is 28.5 Å². The molecule has 4 aliphatic rings. The number of hydrogen-bond acceptors (Lipinski definition) is 13. The minimum absolute atomic E-state index is 0.0437. The molecule has 0 amide bonds. The zero-order valence-corrected chi connectivity index (χ0v) is 84.3. The van der Waals surface area contributed by atoms with E-state index in [4.69, 9.17) is 44.7 Å². The fraction of sp³-hybridized carbons (Fsp3) is 0.393. The summed E-state index contributed by atoms with van der Waals surface area (Å²) in [5.41, 5.74) is 28.1. The summed E-state index contributed by atoms with van der Waals surface area (Å²) in [6.07, 6.45) is 28.2. The van der Waals surface area contributed by atoms with Crippen LogP contribution in [-0.2, 0) is 39.3 Å². The van der Waals surface area contributed by atoms with Crippen LogP contribution in [0.15, 0.2) is 261 Å². The molecule has 16 aromatic rings. The zero-order valence-electron chi connectivity index (χ0n) is 80.7. The number of nitrogens with zero attached hydrogens (tertiary/aromatic N) is 12. The van der Waals surface area contributed by atoms with E-state index in [0.717, 1.165) is 170 Å². The number of carbonyl (C=O) groups is 1. The van der Waals surface area contributed by atoms with E-state index in [-0.39, 0.29) is 17.6 Å². The Balaban J connectivity index is 0.000000130. The van der Waals surface area contributed by atoms with Crippen LogP contribution in [0.2, 0.25) is 43.3 Å². The molecule has 135 heavy (non-hydrogen) atoms. The number of hydrazone groups is 1. The number of H-pyrrole nitrogens is 4. The summed E-state index contributed by atoms with van der Waals surface area (Å²) >= 11 is 13.8. The largest absolute Gasteiger partial charge is 0.359 e. The number of nitrogens with two attached hydrogens (primary N) is 2. The third kappa shape index (κ3) is 20.1.